The highest BCUT2D eigenvalue weighted by Gasteiger charge is 2.09. The lowest BCUT2D eigenvalue weighted by molar-refractivity contribution is -0.144. The number of ether oxygens (including phenoxy) is 1. The van der Waals surface area contributed by atoms with Gasteiger partial charge in [-0.1, -0.05) is 119 Å². The molecule has 0 aliphatic heterocycles. The van der Waals surface area contributed by atoms with Crippen molar-refractivity contribution in [2.45, 2.75) is 124 Å². The summed E-state index contributed by atoms with van der Waals surface area (Å²) in [6.07, 6.45) is 20.2. The third-order valence-corrected chi connectivity index (χ3v) is 8.46. The number of carbonyl (C=O) groups excluding carboxylic acids is 1. The van der Waals surface area contributed by atoms with Crippen LogP contribution >= 0.6 is 21.6 Å². The van der Waals surface area contributed by atoms with E-state index in [1.54, 1.807) is 0 Å². The van der Waals surface area contributed by atoms with Gasteiger partial charge in [0.15, 0.2) is 0 Å². The summed E-state index contributed by atoms with van der Waals surface area (Å²) in [5.74, 6) is 2.26. The largest absolute Gasteiger partial charge is 0.466 e. The summed E-state index contributed by atoms with van der Waals surface area (Å²) in [6, 6.07) is 0. The first-order valence-electron chi connectivity index (χ1n) is 14.6. The summed E-state index contributed by atoms with van der Waals surface area (Å²) in [7, 11) is 3.91. The minimum absolute atomic E-state index is 0.0237. The van der Waals surface area contributed by atoms with E-state index in [2.05, 4.69) is 31.0 Å². The van der Waals surface area contributed by atoms with E-state index in [-0.39, 0.29) is 5.97 Å². The summed E-state index contributed by atoms with van der Waals surface area (Å²) in [6.45, 7) is 12.5. The third-order valence-electron chi connectivity index (χ3n) is 6.08. The molecule has 0 aromatic heterocycles. The van der Waals surface area contributed by atoms with Gasteiger partial charge in [0.1, 0.15) is 0 Å². The predicted octanol–water partition coefficient (Wildman–Crippen LogP) is 8.10. The Kier molecular flexibility index (Phi) is 29.4. The smallest absolute Gasteiger partial charge is 0.307 e. The van der Waals surface area contributed by atoms with Crippen LogP contribution in [0.4, 0.5) is 0 Å². The molecule has 0 aromatic carbocycles. The van der Waals surface area contributed by atoms with Gasteiger partial charge in [-0.25, -0.2) is 0 Å². The van der Waals surface area contributed by atoms with Gasteiger partial charge in [0.2, 0.25) is 0 Å². The number of carbonyl (C=O) groups is 1. The number of hydrogen-bond acceptors (Lipinski definition) is 6. The van der Waals surface area contributed by atoms with E-state index >= 15 is 0 Å². The van der Waals surface area contributed by atoms with Gasteiger partial charge in [-0.05, 0) is 32.4 Å². The fraction of sp³-hybridized carbons (Fsp3) is 0.964. The molecule has 0 heterocycles. The molecule has 0 aliphatic rings. The molecule has 0 amide bonds. The lowest BCUT2D eigenvalue weighted by Crippen LogP contribution is -2.30. The van der Waals surface area contributed by atoms with E-state index in [9.17, 15) is 4.79 Å². The fourth-order valence-corrected chi connectivity index (χ4v) is 5.90. The van der Waals surface area contributed by atoms with Crippen LogP contribution in [0.15, 0.2) is 0 Å². The SMILES string of the molecule is CCCCCCCCCCCCCCOC(=O)CCN(CCC)CCSSCCNCCCC. The second-order valence-electron chi connectivity index (χ2n) is 9.45. The Morgan fingerprint density at radius 3 is 1.85 bits per heavy atom. The molecule has 0 fully saturated rings. The molecule has 0 aliphatic carbocycles. The Hall–Kier alpha value is 0.0900. The van der Waals surface area contributed by atoms with Gasteiger partial charge in [0.25, 0.3) is 0 Å². The molecule has 204 valence electrons. The second kappa shape index (κ2) is 29.3. The van der Waals surface area contributed by atoms with Crippen molar-refractivity contribution in [2.75, 3.05) is 50.8 Å². The molecule has 0 spiro atoms. The molecule has 4 nitrogen and oxygen atoms in total. The van der Waals surface area contributed by atoms with E-state index < -0.39 is 0 Å². The Bertz CT molecular complexity index is 414. The van der Waals surface area contributed by atoms with Crippen LogP contribution in [0.3, 0.4) is 0 Å². The van der Waals surface area contributed by atoms with Crippen LogP contribution in [0.2, 0.25) is 0 Å². The van der Waals surface area contributed by atoms with Crippen LogP contribution in [-0.2, 0) is 9.53 Å². The Labute approximate surface area is 221 Å². The highest BCUT2D eigenvalue weighted by atomic mass is 33.1. The average Bonchev–Trinajstić information content (AvgIpc) is 2.84. The van der Waals surface area contributed by atoms with Crippen molar-refractivity contribution >= 4 is 27.6 Å². The predicted molar refractivity (Wildman–Crippen MR) is 156 cm³/mol. The molecule has 0 unspecified atom stereocenters. The normalized spacial score (nSPS) is 11.4. The first kappa shape index (κ1) is 34.1. The van der Waals surface area contributed by atoms with Crippen LogP contribution in [0.25, 0.3) is 0 Å². The molecule has 6 heteroatoms. The summed E-state index contributed by atoms with van der Waals surface area (Å²) in [5, 5.41) is 3.49. The zero-order chi connectivity index (χ0) is 25.0. The monoisotopic (exact) mass is 518 g/mol. The van der Waals surface area contributed by atoms with Gasteiger partial charge in [-0.2, -0.15) is 0 Å². The standard InChI is InChI=1S/C28H58N2O2S2/c1-4-7-9-10-11-12-13-14-15-16-17-18-25-32-28(31)19-23-30(22-6-3)24-27-34-33-26-21-29-20-8-5-2/h29H,4-27H2,1-3H3. The molecule has 0 rings (SSSR count). The molecular weight excluding hydrogens is 460 g/mol. The van der Waals surface area contributed by atoms with Gasteiger partial charge in [0.05, 0.1) is 13.0 Å². The summed E-state index contributed by atoms with van der Waals surface area (Å²) in [4.78, 5) is 14.5. The zero-order valence-corrected chi connectivity index (χ0v) is 24.7. The number of rotatable bonds is 28. The maximum absolute atomic E-state index is 12.1. The van der Waals surface area contributed by atoms with Crippen LogP contribution in [0.5, 0.6) is 0 Å². The fourth-order valence-electron chi connectivity index (χ4n) is 3.93. The minimum Gasteiger partial charge on any atom is -0.466 e. The van der Waals surface area contributed by atoms with Crippen molar-refractivity contribution in [1.29, 1.82) is 0 Å². The molecule has 0 aromatic rings. The molecule has 0 radical (unpaired) electrons. The molecule has 0 saturated heterocycles. The van der Waals surface area contributed by atoms with Crippen molar-refractivity contribution in [3.05, 3.63) is 0 Å². The lowest BCUT2D eigenvalue weighted by atomic mass is 10.1. The topological polar surface area (TPSA) is 41.6 Å². The quantitative estimate of drug-likeness (QED) is 0.0641. The van der Waals surface area contributed by atoms with Gasteiger partial charge in [-0.3, -0.25) is 4.79 Å². The van der Waals surface area contributed by atoms with Crippen molar-refractivity contribution in [2.24, 2.45) is 0 Å². The average molecular weight is 519 g/mol. The van der Waals surface area contributed by atoms with Crippen LogP contribution in [0.1, 0.15) is 124 Å². The van der Waals surface area contributed by atoms with E-state index in [0.717, 1.165) is 57.1 Å². The van der Waals surface area contributed by atoms with Crippen molar-refractivity contribution in [1.82, 2.24) is 10.2 Å². The number of esters is 1. The van der Waals surface area contributed by atoms with E-state index in [0.29, 0.717) is 13.0 Å². The Morgan fingerprint density at radius 1 is 0.647 bits per heavy atom. The number of hydrogen-bond donors (Lipinski definition) is 1. The lowest BCUT2D eigenvalue weighted by Gasteiger charge is -2.20. The minimum atomic E-state index is -0.0237. The van der Waals surface area contributed by atoms with Crippen molar-refractivity contribution in [3.63, 3.8) is 0 Å². The molecule has 1 N–H and O–H groups in total. The Balaban J connectivity index is 3.52. The highest BCUT2D eigenvalue weighted by Crippen LogP contribution is 2.20. The molecule has 34 heavy (non-hydrogen) atoms. The van der Waals surface area contributed by atoms with Crippen LogP contribution in [-0.4, -0.2) is 61.7 Å². The van der Waals surface area contributed by atoms with Crippen LogP contribution in [0, 0.1) is 0 Å². The first-order chi connectivity index (χ1) is 16.7. The molecule has 0 saturated carbocycles. The highest BCUT2D eigenvalue weighted by molar-refractivity contribution is 8.76. The molecule has 0 bridgehead atoms. The molecular formula is C28H58N2O2S2. The number of unbranched alkanes of at least 4 members (excludes halogenated alkanes) is 12. The number of nitrogens with zero attached hydrogens (tertiary/aromatic N) is 1. The Morgan fingerprint density at radius 2 is 1.24 bits per heavy atom. The molecule has 0 atom stereocenters. The summed E-state index contributed by atoms with van der Waals surface area (Å²) >= 11 is 0. The van der Waals surface area contributed by atoms with E-state index in [4.69, 9.17) is 4.74 Å². The van der Waals surface area contributed by atoms with Gasteiger partial charge in [0, 0.05) is 31.1 Å². The van der Waals surface area contributed by atoms with E-state index in [1.807, 2.05) is 21.6 Å². The van der Waals surface area contributed by atoms with E-state index in [1.165, 1.54) is 83.5 Å². The summed E-state index contributed by atoms with van der Waals surface area (Å²) < 4.78 is 5.48. The first-order valence-corrected chi connectivity index (χ1v) is 17.1. The van der Waals surface area contributed by atoms with Gasteiger partial charge >= 0.3 is 5.97 Å². The van der Waals surface area contributed by atoms with Crippen molar-refractivity contribution < 1.29 is 9.53 Å². The zero-order valence-electron chi connectivity index (χ0n) is 23.1. The summed E-state index contributed by atoms with van der Waals surface area (Å²) in [5.41, 5.74) is 0. The maximum atomic E-state index is 12.1. The van der Waals surface area contributed by atoms with Crippen LogP contribution < -0.4 is 5.32 Å². The van der Waals surface area contributed by atoms with Gasteiger partial charge < -0.3 is 15.0 Å². The number of nitrogens with one attached hydrogen (secondary N) is 1. The maximum Gasteiger partial charge on any atom is 0.307 e. The second-order valence-corrected chi connectivity index (χ2v) is 12.2. The van der Waals surface area contributed by atoms with Crippen molar-refractivity contribution in [3.8, 4) is 0 Å². The van der Waals surface area contributed by atoms with Gasteiger partial charge in [-0.15, -0.1) is 0 Å². The third kappa shape index (κ3) is 26.7.